The van der Waals surface area contributed by atoms with Crippen LogP contribution in [-0.2, 0) is 26.0 Å². The van der Waals surface area contributed by atoms with Crippen LogP contribution in [0.2, 0.25) is 0 Å². The monoisotopic (exact) mass is 423 g/mol. The molecule has 26 heavy (non-hydrogen) atoms. The molecule has 0 aliphatic carbocycles. The fraction of sp³-hybridized carbons (Fsp3) is 0.688. The number of halogens is 1. The number of hydrogen-bond donors (Lipinski definition) is 2. The Morgan fingerprint density at radius 1 is 1.31 bits per heavy atom. The van der Waals surface area contributed by atoms with E-state index < -0.39 is 10.0 Å². The Morgan fingerprint density at radius 2 is 2.08 bits per heavy atom. The quantitative estimate of drug-likeness (QED) is 0.712. The summed E-state index contributed by atoms with van der Waals surface area (Å²) in [6, 6.07) is 3.23. The third-order valence-electron chi connectivity index (χ3n) is 4.45. The summed E-state index contributed by atoms with van der Waals surface area (Å²) in [5.41, 5.74) is 0. The minimum Gasteiger partial charge on any atom is -0.378 e. The van der Waals surface area contributed by atoms with Crippen LogP contribution in [-0.4, -0.2) is 64.1 Å². The van der Waals surface area contributed by atoms with Gasteiger partial charge in [-0.2, -0.15) is 4.31 Å². The molecule has 1 atom stereocenters. The van der Waals surface area contributed by atoms with E-state index in [1.807, 2.05) is 6.07 Å². The lowest BCUT2D eigenvalue weighted by atomic mass is 10.2. The molecule has 7 nitrogen and oxygen atoms in total. The van der Waals surface area contributed by atoms with E-state index >= 15 is 0 Å². The summed E-state index contributed by atoms with van der Waals surface area (Å²) >= 11 is 1.30. The van der Waals surface area contributed by atoms with Crippen LogP contribution in [0.15, 0.2) is 16.3 Å². The predicted octanol–water partition coefficient (Wildman–Crippen LogP) is 0.992. The Labute approximate surface area is 164 Å². The van der Waals surface area contributed by atoms with Crippen LogP contribution in [0.4, 0.5) is 0 Å². The van der Waals surface area contributed by atoms with E-state index in [1.165, 1.54) is 11.3 Å². The molecular formula is C16H26ClN3O4S2. The van der Waals surface area contributed by atoms with Crippen molar-refractivity contribution in [2.24, 2.45) is 0 Å². The van der Waals surface area contributed by atoms with Crippen LogP contribution in [0.3, 0.4) is 0 Å². The maximum atomic E-state index is 12.6. The molecule has 1 unspecified atom stereocenters. The number of nitrogens with one attached hydrogen (secondary N) is 2. The minimum atomic E-state index is -3.36. The molecule has 3 heterocycles. The van der Waals surface area contributed by atoms with Crippen molar-refractivity contribution in [2.75, 3.05) is 39.4 Å². The number of rotatable bonds is 6. The van der Waals surface area contributed by atoms with E-state index in [2.05, 4.69) is 10.6 Å². The van der Waals surface area contributed by atoms with E-state index in [0.29, 0.717) is 50.0 Å². The second kappa shape index (κ2) is 10.0. The Hall–Kier alpha value is -0.710. The number of carbonyl (C=O) groups excluding carboxylic acids is 1. The van der Waals surface area contributed by atoms with Crippen LogP contribution in [0.5, 0.6) is 0 Å². The van der Waals surface area contributed by atoms with Crippen molar-refractivity contribution in [3.05, 3.63) is 17.0 Å². The van der Waals surface area contributed by atoms with Gasteiger partial charge in [0.2, 0.25) is 5.91 Å². The summed E-state index contributed by atoms with van der Waals surface area (Å²) in [5, 5.41) is 5.99. The first-order valence-corrected chi connectivity index (χ1v) is 11.0. The number of ether oxygens (including phenoxy) is 1. The number of amides is 1. The molecule has 2 fully saturated rings. The predicted molar refractivity (Wildman–Crippen MR) is 104 cm³/mol. The topological polar surface area (TPSA) is 87.7 Å². The van der Waals surface area contributed by atoms with E-state index in [0.717, 1.165) is 24.1 Å². The van der Waals surface area contributed by atoms with Gasteiger partial charge in [0, 0.05) is 31.1 Å². The SMILES string of the molecule is Cl.O=C(NCCc1ccc(S(=O)(=O)N2CCCCC2)s1)C1COCCN1. The normalized spacial score (nSPS) is 21.8. The molecule has 0 saturated carbocycles. The van der Waals surface area contributed by atoms with Gasteiger partial charge in [0.25, 0.3) is 10.0 Å². The molecule has 2 saturated heterocycles. The molecule has 2 aliphatic heterocycles. The molecule has 1 aromatic heterocycles. The highest BCUT2D eigenvalue weighted by molar-refractivity contribution is 7.91. The molecule has 0 bridgehead atoms. The highest BCUT2D eigenvalue weighted by Crippen LogP contribution is 2.27. The first-order valence-electron chi connectivity index (χ1n) is 8.75. The van der Waals surface area contributed by atoms with E-state index in [9.17, 15) is 13.2 Å². The largest absolute Gasteiger partial charge is 0.378 e. The van der Waals surface area contributed by atoms with Crippen molar-refractivity contribution in [1.29, 1.82) is 0 Å². The molecule has 0 radical (unpaired) electrons. The summed E-state index contributed by atoms with van der Waals surface area (Å²) < 4.78 is 32.5. The van der Waals surface area contributed by atoms with Gasteiger partial charge in [-0.25, -0.2) is 8.42 Å². The van der Waals surface area contributed by atoms with Crippen LogP contribution in [0.1, 0.15) is 24.1 Å². The molecule has 10 heteroatoms. The summed E-state index contributed by atoms with van der Waals surface area (Å²) in [6.45, 7) is 3.42. The van der Waals surface area contributed by atoms with Crippen molar-refractivity contribution in [3.63, 3.8) is 0 Å². The molecule has 1 aromatic rings. The molecule has 1 amide bonds. The van der Waals surface area contributed by atoms with Crippen LogP contribution in [0.25, 0.3) is 0 Å². The first-order chi connectivity index (χ1) is 12.1. The third-order valence-corrected chi connectivity index (χ3v) is 7.97. The summed E-state index contributed by atoms with van der Waals surface area (Å²) in [7, 11) is -3.36. The molecule has 148 valence electrons. The third kappa shape index (κ3) is 5.40. The zero-order valence-corrected chi connectivity index (χ0v) is 17.1. The van der Waals surface area contributed by atoms with Gasteiger partial charge in [-0.1, -0.05) is 6.42 Å². The van der Waals surface area contributed by atoms with E-state index in [-0.39, 0.29) is 24.4 Å². The number of hydrogen-bond acceptors (Lipinski definition) is 6. The molecule has 0 aromatic carbocycles. The lowest BCUT2D eigenvalue weighted by Crippen LogP contribution is -2.51. The van der Waals surface area contributed by atoms with Gasteiger partial charge in [-0.05, 0) is 31.4 Å². The maximum absolute atomic E-state index is 12.6. The number of piperidine rings is 1. The highest BCUT2D eigenvalue weighted by atomic mass is 35.5. The molecule has 3 rings (SSSR count). The standard InChI is InChI=1S/C16H25N3O4S2.ClH/c20-16(14-12-23-11-8-17-14)18-7-6-13-4-5-15(24-13)25(21,22)19-9-2-1-3-10-19;/h4-5,14,17H,1-3,6-12H2,(H,18,20);1H. The zero-order valence-electron chi connectivity index (χ0n) is 14.6. The summed E-state index contributed by atoms with van der Waals surface area (Å²) in [5.74, 6) is -0.0718. The average Bonchev–Trinajstić information content (AvgIpc) is 3.13. The van der Waals surface area contributed by atoms with Crippen molar-refractivity contribution in [1.82, 2.24) is 14.9 Å². The Bertz CT molecular complexity index is 683. The maximum Gasteiger partial charge on any atom is 0.252 e. The van der Waals surface area contributed by atoms with Gasteiger partial charge < -0.3 is 15.4 Å². The molecular weight excluding hydrogens is 398 g/mol. The smallest absolute Gasteiger partial charge is 0.252 e. The van der Waals surface area contributed by atoms with Gasteiger partial charge in [0.1, 0.15) is 10.3 Å². The van der Waals surface area contributed by atoms with Gasteiger partial charge in [0.15, 0.2) is 0 Å². The second-order valence-corrected chi connectivity index (χ2v) is 9.64. The Balaban J connectivity index is 0.00000243. The van der Waals surface area contributed by atoms with Crippen molar-refractivity contribution in [3.8, 4) is 0 Å². The van der Waals surface area contributed by atoms with Crippen LogP contribution in [0, 0.1) is 0 Å². The van der Waals surface area contributed by atoms with E-state index in [4.69, 9.17) is 4.74 Å². The van der Waals surface area contributed by atoms with Crippen molar-refractivity contribution < 1.29 is 17.9 Å². The number of carbonyl (C=O) groups is 1. The molecule has 0 spiro atoms. The Morgan fingerprint density at radius 3 is 2.77 bits per heavy atom. The van der Waals surface area contributed by atoms with Crippen LogP contribution >= 0.6 is 23.7 Å². The van der Waals surface area contributed by atoms with Gasteiger partial charge in [-0.3, -0.25) is 4.79 Å². The number of morpholine rings is 1. The zero-order chi connectivity index (χ0) is 17.7. The van der Waals surface area contributed by atoms with Crippen molar-refractivity contribution >= 4 is 39.7 Å². The lowest BCUT2D eigenvalue weighted by molar-refractivity contribution is -0.125. The summed E-state index contributed by atoms with van der Waals surface area (Å²) in [6.07, 6.45) is 3.59. The first kappa shape index (κ1) is 21.6. The van der Waals surface area contributed by atoms with E-state index in [1.54, 1.807) is 10.4 Å². The number of nitrogens with zero attached hydrogens (tertiary/aromatic N) is 1. The fourth-order valence-corrected chi connectivity index (χ4v) is 6.06. The van der Waals surface area contributed by atoms with Gasteiger partial charge in [0.05, 0.1) is 13.2 Å². The second-order valence-electron chi connectivity index (χ2n) is 6.31. The van der Waals surface area contributed by atoms with Crippen LogP contribution < -0.4 is 10.6 Å². The van der Waals surface area contributed by atoms with Gasteiger partial charge >= 0.3 is 0 Å². The number of sulfonamides is 1. The molecule has 2 aliphatic rings. The summed E-state index contributed by atoms with van der Waals surface area (Å²) in [4.78, 5) is 13.0. The van der Waals surface area contributed by atoms with Crippen molar-refractivity contribution in [2.45, 2.75) is 35.9 Å². The number of thiophene rings is 1. The molecule has 2 N–H and O–H groups in total. The lowest BCUT2D eigenvalue weighted by Gasteiger charge is -2.25. The Kier molecular flexibility index (Phi) is 8.31. The highest BCUT2D eigenvalue weighted by Gasteiger charge is 2.27. The fourth-order valence-electron chi connectivity index (χ4n) is 3.03. The van der Waals surface area contributed by atoms with Gasteiger partial charge in [-0.15, -0.1) is 23.7 Å². The minimum absolute atomic E-state index is 0. The average molecular weight is 424 g/mol.